The Labute approximate surface area is 143 Å². The molecule has 0 amide bonds. The van der Waals surface area contributed by atoms with E-state index in [9.17, 15) is 9.59 Å². The Morgan fingerprint density at radius 2 is 1.42 bits per heavy atom. The Kier molecular flexibility index (Phi) is 4.52. The summed E-state index contributed by atoms with van der Waals surface area (Å²) in [4.78, 5) is 28.9. The molecule has 0 unspecified atom stereocenters. The molecule has 1 aliphatic carbocycles. The molecule has 0 saturated carbocycles. The van der Waals surface area contributed by atoms with Crippen LogP contribution in [0.15, 0.2) is 24.3 Å². The van der Waals surface area contributed by atoms with Crippen molar-refractivity contribution in [2.75, 3.05) is 41.3 Å². The average Bonchev–Trinajstić information content (AvgIpc) is 2.92. The SMILES string of the molecule is CN(C)CC(=O)c1ccc2c(C(=O)CN(C)C)ccc3c2c1CC3. The van der Waals surface area contributed by atoms with Crippen LogP contribution in [0, 0.1) is 0 Å². The molecule has 4 nitrogen and oxygen atoms in total. The molecule has 0 aliphatic heterocycles. The predicted molar refractivity (Wildman–Crippen MR) is 97.1 cm³/mol. The van der Waals surface area contributed by atoms with Crippen LogP contribution in [-0.4, -0.2) is 62.6 Å². The summed E-state index contributed by atoms with van der Waals surface area (Å²) in [6, 6.07) is 7.87. The van der Waals surface area contributed by atoms with Crippen LogP contribution in [0.1, 0.15) is 31.8 Å². The molecular formula is C20H24N2O2. The zero-order valence-electron chi connectivity index (χ0n) is 14.8. The Morgan fingerprint density at radius 3 is 2.04 bits per heavy atom. The largest absolute Gasteiger partial charge is 0.302 e. The van der Waals surface area contributed by atoms with Gasteiger partial charge in [-0.1, -0.05) is 24.3 Å². The van der Waals surface area contributed by atoms with Gasteiger partial charge in [0.05, 0.1) is 13.1 Å². The minimum atomic E-state index is 0.122. The maximum Gasteiger partial charge on any atom is 0.177 e. The highest BCUT2D eigenvalue weighted by atomic mass is 16.1. The molecule has 1 aliphatic rings. The van der Waals surface area contributed by atoms with Gasteiger partial charge >= 0.3 is 0 Å². The lowest BCUT2D eigenvalue weighted by Gasteiger charge is -2.14. The van der Waals surface area contributed by atoms with Crippen LogP contribution in [0.2, 0.25) is 0 Å². The van der Waals surface area contributed by atoms with E-state index in [-0.39, 0.29) is 11.6 Å². The summed E-state index contributed by atoms with van der Waals surface area (Å²) in [7, 11) is 7.61. The fourth-order valence-corrected chi connectivity index (χ4v) is 3.57. The zero-order chi connectivity index (χ0) is 17.4. The molecule has 0 radical (unpaired) electrons. The highest BCUT2D eigenvalue weighted by Gasteiger charge is 2.24. The number of likely N-dealkylation sites (N-methyl/N-ethyl adjacent to an activating group) is 2. The van der Waals surface area contributed by atoms with Crippen molar-refractivity contribution in [1.82, 2.24) is 9.80 Å². The number of rotatable bonds is 6. The summed E-state index contributed by atoms with van der Waals surface area (Å²) in [5.74, 6) is 0.270. The van der Waals surface area contributed by atoms with Crippen LogP contribution in [0.25, 0.3) is 10.8 Å². The number of hydrogen-bond donors (Lipinski definition) is 0. The van der Waals surface area contributed by atoms with Crippen LogP contribution < -0.4 is 0 Å². The number of carbonyl (C=O) groups is 2. The van der Waals surface area contributed by atoms with E-state index >= 15 is 0 Å². The fourth-order valence-electron chi connectivity index (χ4n) is 3.57. The molecule has 3 rings (SSSR count). The highest BCUT2D eigenvalue weighted by Crippen LogP contribution is 2.35. The summed E-state index contributed by atoms with van der Waals surface area (Å²) in [5, 5.41) is 2.12. The second-order valence-electron chi connectivity index (χ2n) is 7.11. The molecule has 0 aromatic heterocycles. The third kappa shape index (κ3) is 2.99. The van der Waals surface area contributed by atoms with E-state index in [0.29, 0.717) is 13.1 Å². The standard InChI is InChI=1S/C20H24N2O2/c1-21(2)11-18(23)14-7-5-13-6-8-16-15(19(24)12-22(3)4)9-10-17(14)20(13)16/h5,7,9-10H,6,8,11-12H2,1-4H3. The van der Waals surface area contributed by atoms with Crippen molar-refractivity contribution >= 4 is 22.3 Å². The molecule has 2 aromatic rings. The molecule has 0 saturated heterocycles. The van der Waals surface area contributed by atoms with Gasteiger partial charge in [-0.15, -0.1) is 0 Å². The number of aryl methyl sites for hydroxylation is 2. The van der Waals surface area contributed by atoms with Gasteiger partial charge in [0.1, 0.15) is 0 Å². The Balaban J connectivity index is 2.12. The maximum atomic E-state index is 12.6. The lowest BCUT2D eigenvalue weighted by atomic mass is 9.93. The number of ketones is 2. The van der Waals surface area contributed by atoms with Gasteiger partial charge in [0.25, 0.3) is 0 Å². The van der Waals surface area contributed by atoms with Gasteiger partial charge in [-0.05, 0) is 62.9 Å². The maximum absolute atomic E-state index is 12.6. The van der Waals surface area contributed by atoms with Crippen LogP contribution in [-0.2, 0) is 12.8 Å². The second kappa shape index (κ2) is 6.46. The quantitative estimate of drug-likeness (QED) is 0.765. The van der Waals surface area contributed by atoms with Crippen molar-refractivity contribution in [1.29, 1.82) is 0 Å². The minimum Gasteiger partial charge on any atom is -0.302 e. The van der Waals surface area contributed by atoms with Crippen molar-refractivity contribution in [3.8, 4) is 0 Å². The number of nitrogens with zero attached hydrogens (tertiary/aromatic N) is 2. The highest BCUT2D eigenvalue weighted by molar-refractivity contribution is 6.13. The molecule has 0 N–H and O–H groups in total. The Hall–Kier alpha value is -2.04. The van der Waals surface area contributed by atoms with E-state index in [4.69, 9.17) is 0 Å². The van der Waals surface area contributed by atoms with Gasteiger partial charge in [0.2, 0.25) is 0 Å². The minimum absolute atomic E-state index is 0.122. The lowest BCUT2D eigenvalue weighted by Crippen LogP contribution is -2.23. The average molecular weight is 324 g/mol. The Morgan fingerprint density at radius 1 is 0.833 bits per heavy atom. The summed E-state index contributed by atoms with van der Waals surface area (Å²) in [6.45, 7) is 0.804. The second-order valence-corrected chi connectivity index (χ2v) is 7.11. The first kappa shape index (κ1) is 16.8. The zero-order valence-corrected chi connectivity index (χ0v) is 14.8. The summed E-state index contributed by atoms with van der Waals surface area (Å²) >= 11 is 0. The van der Waals surface area contributed by atoms with Crippen molar-refractivity contribution in [2.24, 2.45) is 0 Å². The summed E-state index contributed by atoms with van der Waals surface area (Å²) in [6.07, 6.45) is 1.83. The normalized spacial score (nSPS) is 13.2. The number of benzene rings is 2. The molecular weight excluding hydrogens is 300 g/mol. The van der Waals surface area contributed by atoms with E-state index in [2.05, 4.69) is 6.07 Å². The summed E-state index contributed by atoms with van der Waals surface area (Å²) in [5.41, 5.74) is 3.94. The predicted octanol–water partition coefficient (Wildman–Crippen LogP) is 2.43. The van der Waals surface area contributed by atoms with Crippen LogP contribution in [0.3, 0.4) is 0 Å². The van der Waals surface area contributed by atoms with E-state index < -0.39 is 0 Å². The van der Waals surface area contributed by atoms with Crippen molar-refractivity contribution < 1.29 is 9.59 Å². The van der Waals surface area contributed by atoms with E-state index in [1.165, 1.54) is 5.56 Å². The van der Waals surface area contributed by atoms with E-state index in [1.807, 2.05) is 56.2 Å². The van der Waals surface area contributed by atoms with E-state index in [1.54, 1.807) is 0 Å². The first-order valence-electron chi connectivity index (χ1n) is 8.32. The first-order valence-corrected chi connectivity index (χ1v) is 8.32. The Bertz CT molecular complexity index is 822. The molecule has 24 heavy (non-hydrogen) atoms. The number of Topliss-reactive ketones (excluding diaryl/α,β-unsaturated/α-hetero) is 2. The third-order valence-electron chi connectivity index (χ3n) is 4.54. The number of hydrogen-bond acceptors (Lipinski definition) is 4. The first-order chi connectivity index (χ1) is 11.4. The lowest BCUT2D eigenvalue weighted by molar-refractivity contribution is 0.0950. The van der Waals surface area contributed by atoms with Crippen molar-refractivity contribution in [3.05, 3.63) is 46.5 Å². The smallest absolute Gasteiger partial charge is 0.177 e. The molecule has 0 heterocycles. The van der Waals surface area contributed by atoms with Gasteiger partial charge in [-0.2, -0.15) is 0 Å². The van der Waals surface area contributed by atoms with Gasteiger partial charge in [-0.25, -0.2) is 0 Å². The van der Waals surface area contributed by atoms with Gasteiger partial charge < -0.3 is 9.80 Å². The molecule has 126 valence electrons. The fraction of sp³-hybridized carbons (Fsp3) is 0.400. The van der Waals surface area contributed by atoms with Crippen molar-refractivity contribution in [2.45, 2.75) is 12.8 Å². The van der Waals surface area contributed by atoms with Gasteiger partial charge in [-0.3, -0.25) is 9.59 Å². The molecule has 0 fully saturated rings. The van der Waals surface area contributed by atoms with Crippen LogP contribution in [0.5, 0.6) is 0 Å². The molecule has 4 heteroatoms. The third-order valence-corrected chi connectivity index (χ3v) is 4.54. The monoisotopic (exact) mass is 324 g/mol. The summed E-state index contributed by atoms with van der Waals surface area (Å²) < 4.78 is 0. The molecule has 0 atom stereocenters. The van der Waals surface area contributed by atoms with Gasteiger partial charge in [0, 0.05) is 11.1 Å². The number of carbonyl (C=O) groups excluding carboxylic acids is 2. The van der Waals surface area contributed by atoms with Crippen LogP contribution >= 0.6 is 0 Å². The van der Waals surface area contributed by atoms with E-state index in [0.717, 1.165) is 40.3 Å². The molecule has 0 spiro atoms. The van der Waals surface area contributed by atoms with Crippen molar-refractivity contribution in [3.63, 3.8) is 0 Å². The molecule has 2 aromatic carbocycles. The topological polar surface area (TPSA) is 40.6 Å². The molecule has 0 bridgehead atoms. The van der Waals surface area contributed by atoms with Crippen LogP contribution in [0.4, 0.5) is 0 Å². The van der Waals surface area contributed by atoms with Gasteiger partial charge in [0.15, 0.2) is 11.6 Å².